The lowest BCUT2D eigenvalue weighted by molar-refractivity contribution is -0.139. The van der Waals surface area contributed by atoms with Crippen LogP contribution in [0.25, 0.3) is 0 Å². The predicted octanol–water partition coefficient (Wildman–Crippen LogP) is 5.18. The summed E-state index contributed by atoms with van der Waals surface area (Å²) in [6.45, 7) is 5.59. The maximum absolute atomic E-state index is 13.9. The molecule has 1 unspecified atom stereocenters. The minimum Gasteiger partial charge on any atom is -0.354 e. The van der Waals surface area contributed by atoms with Gasteiger partial charge in [0.25, 0.3) is 10.0 Å². The molecule has 2 amide bonds. The van der Waals surface area contributed by atoms with Crippen molar-refractivity contribution in [3.8, 4) is 0 Å². The lowest BCUT2D eigenvalue weighted by Crippen LogP contribution is -2.51. The number of aryl methyl sites for hydroxylation is 1. The molecule has 0 saturated carbocycles. The van der Waals surface area contributed by atoms with Gasteiger partial charge in [0.2, 0.25) is 11.8 Å². The van der Waals surface area contributed by atoms with E-state index in [0.717, 1.165) is 22.7 Å². The molecule has 9 heteroatoms. The van der Waals surface area contributed by atoms with Crippen LogP contribution in [0.15, 0.2) is 83.8 Å². The van der Waals surface area contributed by atoms with E-state index >= 15 is 0 Å². The fraction of sp³-hybridized carbons (Fsp3) is 0.310. The summed E-state index contributed by atoms with van der Waals surface area (Å²) in [5, 5.41) is 3.22. The van der Waals surface area contributed by atoms with Crippen molar-refractivity contribution < 1.29 is 18.0 Å². The van der Waals surface area contributed by atoms with Gasteiger partial charge in [-0.15, -0.1) is 0 Å². The summed E-state index contributed by atoms with van der Waals surface area (Å²) in [4.78, 5) is 28.3. The van der Waals surface area contributed by atoms with Crippen molar-refractivity contribution in [2.45, 2.75) is 51.1 Å². The second-order valence-electron chi connectivity index (χ2n) is 9.08. The zero-order valence-corrected chi connectivity index (χ0v) is 23.5. The molecule has 0 spiro atoms. The number of carbonyl (C=O) groups excluding carboxylic acids is 2. The van der Waals surface area contributed by atoms with Crippen molar-refractivity contribution in [3.05, 3.63) is 95.0 Å². The number of nitrogens with one attached hydrogen (secondary N) is 1. The molecular formula is C29H34ClN3O4S. The molecule has 0 radical (unpaired) electrons. The highest BCUT2D eigenvalue weighted by molar-refractivity contribution is 7.92. The van der Waals surface area contributed by atoms with Crippen molar-refractivity contribution in [2.75, 3.05) is 17.4 Å². The Morgan fingerprint density at radius 1 is 0.974 bits per heavy atom. The van der Waals surface area contributed by atoms with Crippen LogP contribution >= 0.6 is 11.6 Å². The first-order chi connectivity index (χ1) is 18.1. The van der Waals surface area contributed by atoms with Gasteiger partial charge in [-0.1, -0.05) is 79.5 Å². The van der Waals surface area contributed by atoms with E-state index in [1.807, 2.05) is 37.3 Å². The molecule has 0 fully saturated rings. The van der Waals surface area contributed by atoms with E-state index in [4.69, 9.17) is 11.6 Å². The Hall–Kier alpha value is -3.36. The fourth-order valence-electron chi connectivity index (χ4n) is 3.98. The zero-order chi connectivity index (χ0) is 27.7. The molecule has 1 atom stereocenters. The fourth-order valence-corrected chi connectivity index (χ4v) is 5.64. The Morgan fingerprint density at radius 3 is 2.24 bits per heavy atom. The molecule has 3 rings (SSSR count). The molecule has 3 aromatic carbocycles. The lowest BCUT2D eigenvalue weighted by atomic mass is 10.1. The number of carbonyl (C=O) groups is 2. The minimum absolute atomic E-state index is 0.0483. The zero-order valence-electron chi connectivity index (χ0n) is 21.9. The number of hydrogen-bond acceptors (Lipinski definition) is 4. The maximum atomic E-state index is 13.9. The topological polar surface area (TPSA) is 86.8 Å². The van der Waals surface area contributed by atoms with E-state index in [0.29, 0.717) is 22.8 Å². The second-order valence-corrected chi connectivity index (χ2v) is 11.4. The summed E-state index contributed by atoms with van der Waals surface area (Å²) in [5.41, 5.74) is 1.77. The van der Waals surface area contributed by atoms with Crippen LogP contribution in [0.4, 0.5) is 5.69 Å². The van der Waals surface area contributed by atoms with Gasteiger partial charge in [-0.25, -0.2) is 8.42 Å². The number of anilines is 1. The van der Waals surface area contributed by atoms with Crippen molar-refractivity contribution >= 4 is 39.1 Å². The Balaban J connectivity index is 2.01. The number of halogens is 1. The molecule has 0 saturated heterocycles. The van der Waals surface area contributed by atoms with Gasteiger partial charge >= 0.3 is 0 Å². The second kappa shape index (κ2) is 13.4. The van der Waals surface area contributed by atoms with Gasteiger partial charge in [-0.05, 0) is 55.7 Å². The van der Waals surface area contributed by atoms with E-state index in [1.54, 1.807) is 44.2 Å². The van der Waals surface area contributed by atoms with Gasteiger partial charge in [0, 0.05) is 18.1 Å². The van der Waals surface area contributed by atoms with Crippen molar-refractivity contribution in [1.29, 1.82) is 0 Å². The first-order valence-corrected chi connectivity index (χ1v) is 14.4. The number of nitrogens with zero attached hydrogens (tertiary/aromatic N) is 2. The van der Waals surface area contributed by atoms with Crippen molar-refractivity contribution in [1.82, 2.24) is 10.2 Å². The van der Waals surface area contributed by atoms with E-state index in [9.17, 15) is 18.0 Å². The molecular weight excluding hydrogens is 522 g/mol. The van der Waals surface area contributed by atoms with E-state index < -0.39 is 28.5 Å². The Labute approximate surface area is 230 Å². The smallest absolute Gasteiger partial charge is 0.264 e. The summed E-state index contributed by atoms with van der Waals surface area (Å²) < 4.78 is 28.7. The molecule has 3 aromatic rings. The summed E-state index contributed by atoms with van der Waals surface area (Å²) in [7, 11) is -4.13. The molecule has 7 nitrogen and oxygen atoms in total. The normalized spacial score (nSPS) is 12.0. The van der Waals surface area contributed by atoms with Crippen LogP contribution in [-0.4, -0.2) is 44.3 Å². The van der Waals surface area contributed by atoms with Crippen LogP contribution in [0.2, 0.25) is 5.02 Å². The third-order valence-electron chi connectivity index (χ3n) is 6.24. The van der Waals surface area contributed by atoms with Crippen LogP contribution in [0.5, 0.6) is 0 Å². The Morgan fingerprint density at radius 2 is 1.61 bits per heavy atom. The lowest BCUT2D eigenvalue weighted by Gasteiger charge is -2.32. The molecule has 0 heterocycles. The summed E-state index contributed by atoms with van der Waals surface area (Å²) in [6.07, 6.45) is 1.74. The van der Waals surface area contributed by atoms with E-state index in [1.165, 1.54) is 23.1 Å². The molecule has 1 N–H and O–H groups in total. The van der Waals surface area contributed by atoms with Crippen LogP contribution < -0.4 is 9.62 Å². The summed E-state index contributed by atoms with van der Waals surface area (Å²) in [5.74, 6) is -0.801. The van der Waals surface area contributed by atoms with Gasteiger partial charge in [-0.2, -0.15) is 0 Å². The highest BCUT2D eigenvalue weighted by atomic mass is 35.5. The summed E-state index contributed by atoms with van der Waals surface area (Å²) in [6, 6.07) is 21.3. The Bertz CT molecular complexity index is 1330. The molecule has 0 aliphatic rings. The molecule has 38 heavy (non-hydrogen) atoms. The highest BCUT2D eigenvalue weighted by Crippen LogP contribution is 2.30. The number of amides is 2. The number of rotatable bonds is 12. The number of hydrogen-bond donors (Lipinski definition) is 1. The predicted molar refractivity (Wildman–Crippen MR) is 152 cm³/mol. The van der Waals surface area contributed by atoms with Gasteiger partial charge in [0.05, 0.1) is 10.6 Å². The monoisotopic (exact) mass is 555 g/mol. The average molecular weight is 556 g/mol. The van der Waals surface area contributed by atoms with Gasteiger partial charge < -0.3 is 10.2 Å². The minimum atomic E-state index is -4.13. The van der Waals surface area contributed by atoms with Crippen molar-refractivity contribution in [2.24, 2.45) is 0 Å². The molecule has 202 valence electrons. The van der Waals surface area contributed by atoms with Gasteiger partial charge in [0.15, 0.2) is 0 Å². The van der Waals surface area contributed by atoms with Crippen molar-refractivity contribution in [3.63, 3.8) is 0 Å². The first kappa shape index (κ1) is 29.2. The van der Waals surface area contributed by atoms with Crippen LogP contribution in [0, 0.1) is 6.92 Å². The van der Waals surface area contributed by atoms with E-state index in [2.05, 4.69) is 5.32 Å². The number of sulfonamides is 1. The summed E-state index contributed by atoms with van der Waals surface area (Å²) >= 11 is 6.25. The molecule has 0 aliphatic heterocycles. The third kappa shape index (κ3) is 7.36. The molecule has 0 aliphatic carbocycles. The highest BCUT2D eigenvalue weighted by Gasteiger charge is 2.33. The number of benzene rings is 3. The average Bonchev–Trinajstić information content (AvgIpc) is 2.92. The van der Waals surface area contributed by atoms with Crippen LogP contribution in [0.1, 0.15) is 37.8 Å². The van der Waals surface area contributed by atoms with Gasteiger partial charge in [0.1, 0.15) is 12.6 Å². The first-order valence-electron chi connectivity index (χ1n) is 12.6. The Kier molecular flexibility index (Phi) is 10.3. The van der Waals surface area contributed by atoms with Crippen LogP contribution in [0.3, 0.4) is 0 Å². The van der Waals surface area contributed by atoms with Crippen LogP contribution in [-0.2, 0) is 26.2 Å². The standard InChI is InChI=1S/C29H34ClN3O4S/c1-4-5-18-31-29(35)23(3)32(20-24-12-8-6-9-13-24)28(34)21-33(27-19-25(30)17-16-22(27)2)38(36,37)26-14-10-7-11-15-26/h6-17,19,23H,4-5,18,20-21H2,1-3H3,(H,31,35). The van der Waals surface area contributed by atoms with Gasteiger partial charge in [-0.3, -0.25) is 13.9 Å². The largest absolute Gasteiger partial charge is 0.354 e. The van der Waals surface area contributed by atoms with E-state index in [-0.39, 0.29) is 17.3 Å². The number of unbranched alkanes of at least 4 members (excludes halogenated alkanes) is 1. The molecule has 0 aromatic heterocycles. The molecule has 0 bridgehead atoms. The SMILES string of the molecule is CCCCNC(=O)C(C)N(Cc1ccccc1)C(=O)CN(c1cc(Cl)ccc1C)S(=O)(=O)c1ccccc1. The maximum Gasteiger partial charge on any atom is 0.264 e. The third-order valence-corrected chi connectivity index (χ3v) is 8.25. The quantitative estimate of drug-likeness (QED) is 0.312.